The van der Waals surface area contributed by atoms with Crippen molar-refractivity contribution >= 4 is 5.91 Å². The highest BCUT2D eigenvalue weighted by molar-refractivity contribution is 5.95. The standard InChI is InChI=1S/C13H20N2O2/c1-8-7-15(5-4-12(8)14)13(16)11-6-9(2)17-10(11)3/h6,8,12H,4-5,7,14H2,1-3H3. The van der Waals surface area contributed by atoms with Crippen molar-refractivity contribution < 1.29 is 9.21 Å². The molecule has 1 amide bonds. The van der Waals surface area contributed by atoms with E-state index in [4.69, 9.17) is 10.2 Å². The number of carbonyl (C=O) groups excluding carboxylic acids is 1. The van der Waals surface area contributed by atoms with Gasteiger partial charge in [-0.1, -0.05) is 6.92 Å². The average Bonchev–Trinajstić information content (AvgIpc) is 2.61. The van der Waals surface area contributed by atoms with Crippen LogP contribution in [0.15, 0.2) is 10.5 Å². The average molecular weight is 236 g/mol. The lowest BCUT2D eigenvalue weighted by Gasteiger charge is -2.35. The van der Waals surface area contributed by atoms with E-state index in [-0.39, 0.29) is 11.9 Å². The van der Waals surface area contributed by atoms with Crippen molar-refractivity contribution in [3.63, 3.8) is 0 Å². The van der Waals surface area contributed by atoms with Gasteiger partial charge in [0.2, 0.25) is 0 Å². The molecule has 0 radical (unpaired) electrons. The van der Waals surface area contributed by atoms with E-state index in [1.54, 1.807) is 0 Å². The first-order chi connectivity index (χ1) is 7.99. The fraction of sp³-hybridized carbons (Fsp3) is 0.615. The van der Waals surface area contributed by atoms with Crippen molar-refractivity contribution in [1.82, 2.24) is 4.90 Å². The van der Waals surface area contributed by atoms with Gasteiger partial charge >= 0.3 is 0 Å². The van der Waals surface area contributed by atoms with Gasteiger partial charge in [0, 0.05) is 19.1 Å². The van der Waals surface area contributed by atoms with Crippen LogP contribution in [0.4, 0.5) is 0 Å². The number of nitrogens with zero attached hydrogens (tertiary/aromatic N) is 1. The van der Waals surface area contributed by atoms with Crippen molar-refractivity contribution in [2.24, 2.45) is 11.7 Å². The molecule has 2 heterocycles. The van der Waals surface area contributed by atoms with Gasteiger partial charge in [-0.2, -0.15) is 0 Å². The fourth-order valence-electron chi connectivity index (χ4n) is 2.36. The Hall–Kier alpha value is -1.29. The number of aryl methyl sites for hydroxylation is 2. The van der Waals surface area contributed by atoms with Gasteiger partial charge in [0.25, 0.3) is 5.91 Å². The number of likely N-dealkylation sites (tertiary alicyclic amines) is 1. The second kappa shape index (κ2) is 4.53. The predicted octanol–water partition coefficient (Wildman–Crippen LogP) is 1.71. The van der Waals surface area contributed by atoms with Gasteiger partial charge in [-0.25, -0.2) is 0 Å². The van der Waals surface area contributed by atoms with E-state index in [9.17, 15) is 4.79 Å². The Bertz CT molecular complexity index is 425. The normalized spacial score (nSPS) is 25.1. The van der Waals surface area contributed by atoms with E-state index in [2.05, 4.69) is 6.92 Å². The molecule has 0 spiro atoms. The van der Waals surface area contributed by atoms with Gasteiger partial charge in [0.05, 0.1) is 5.56 Å². The Labute approximate surface area is 102 Å². The van der Waals surface area contributed by atoms with Crippen LogP contribution in [0.25, 0.3) is 0 Å². The first-order valence-electron chi connectivity index (χ1n) is 6.11. The van der Waals surface area contributed by atoms with Crippen molar-refractivity contribution in [3.8, 4) is 0 Å². The number of hydrogen-bond acceptors (Lipinski definition) is 3. The molecule has 94 valence electrons. The SMILES string of the molecule is Cc1cc(C(=O)N2CCC(N)C(C)C2)c(C)o1. The Morgan fingerprint density at radius 3 is 2.76 bits per heavy atom. The first-order valence-corrected chi connectivity index (χ1v) is 6.11. The number of rotatable bonds is 1. The van der Waals surface area contributed by atoms with Crippen molar-refractivity contribution in [2.75, 3.05) is 13.1 Å². The lowest BCUT2D eigenvalue weighted by molar-refractivity contribution is 0.0662. The summed E-state index contributed by atoms with van der Waals surface area (Å²) in [6, 6.07) is 2.03. The molecule has 1 aromatic heterocycles. The van der Waals surface area contributed by atoms with Gasteiger partial charge in [0.1, 0.15) is 11.5 Å². The van der Waals surface area contributed by atoms with Crippen LogP contribution in [0.1, 0.15) is 35.2 Å². The number of carbonyl (C=O) groups is 1. The van der Waals surface area contributed by atoms with E-state index in [1.165, 1.54) is 0 Å². The molecule has 17 heavy (non-hydrogen) atoms. The summed E-state index contributed by atoms with van der Waals surface area (Å²) >= 11 is 0. The highest BCUT2D eigenvalue weighted by Gasteiger charge is 2.28. The Balaban J connectivity index is 2.13. The molecule has 1 aliphatic heterocycles. The molecule has 1 aromatic rings. The van der Waals surface area contributed by atoms with Crippen LogP contribution in [0.2, 0.25) is 0 Å². The smallest absolute Gasteiger partial charge is 0.257 e. The van der Waals surface area contributed by atoms with Crippen LogP contribution in [-0.2, 0) is 0 Å². The lowest BCUT2D eigenvalue weighted by atomic mass is 9.94. The Kier molecular flexibility index (Phi) is 3.24. The number of amides is 1. The van der Waals surface area contributed by atoms with Crippen molar-refractivity contribution in [3.05, 3.63) is 23.2 Å². The monoisotopic (exact) mass is 236 g/mol. The van der Waals surface area contributed by atoms with E-state index < -0.39 is 0 Å². The summed E-state index contributed by atoms with van der Waals surface area (Å²) in [5.41, 5.74) is 6.64. The lowest BCUT2D eigenvalue weighted by Crippen LogP contribution is -2.48. The highest BCUT2D eigenvalue weighted by atomic mass is 16.3. The number of hydrogen-bond donors (Lipinski definition) is 1. The minimum Gasteiger partial charge on any atom is -0.466 e. The second-order valence-corrected chi connectivity index (χ2v) is 5.01. The summed E-state index contributed by atoms with van der Waals surface area (Å²) in [4.78, 5) is 14.2. The Morgan fingerprint density at radius 1 is 1.53 bits per heavy atom. The fourth-order valence-corrected chi connectivity index (χ4v) is 2.36. The summed E-state index contributed by atoms with van der Waals surface area (Å²) < 4.78 is 5.40. The molecule has 0 saturated carbocycles. The largest absolute Gasteiger partial charge is 0.466 e. The van der Waals surface area contributed by atoms with E-state index >= 15 is 0 Å². The van der Waals surface area contributed by atoms with E-state index in [1.807, 2.05) is 24.8 Å². The zero-order chi connectivity index (χ0) is 12.6. The van der Waals surface area contributed by atoms with Crippen LogP contribution in [0.3, 0.4) is 0 Å². The molecular weight excluding hydrogens is 216 g/mol. The number of nitrogens with two attached hydrogens (primary N) is 1. The predicted molar refractivity (Wildman–Crippen MR) is 65.8 cm³/mol. The maximum Gasteiger partial charge on any atom is 0.257 e. The summed E-state index contributed by atoms with van der Waals surface area (Å²) in [5.74, 6) is 1.92. The summed E-state index contributed by atoms with van der Waals surface area (Å²) in [7, 11) is 0. The molecule has 2 N–H and O–H groups in total. The first kappa shape index (κ1) is 12.2. The van der Waals surface area contributed by atoms with E-state index in [0.29, 0.717) is 17.2 Å². The van der Waals surface area contributed by atoms with Crippen molar-refractivity contribution in [1.29, 1.82) is 0 Å². The summed E-state index contributed by atoms with van der Waals surface area (Å²) in [6.07, 6.45) is 0.878. The number of furan rings is 1. The zero-order valence-electron chi connectivity index (χ0n) is 10.7. The molecule has 0 bridgehead atoms. The summed E-state index contributed by atoms with van der Waals surface area (Å²) in [5, 5.41) is 0. The number of piperidine rings is 1. The van der Waals surface area contributed by atoms with Gasteiger partial charge in [-0.15, -0.1) is 0 Å². The topological polar surface area (TPSA) is 59.5 Å². The van der Waals surface area contributed by atoms with Gasteiger partial charge in [-0.05, 0) is 32.3 Å². The van der Waals surface area contributed by atoms with Gasteiger partial charge < -0.3 is 15.1 Å². The van der Waals surface area contributed by atoms with Crippen molar-refractivity contribution in [2.45, 2.75) is 33.2 Å². The maximum absolute atomic E-state index is 12.3. The third kappa shape index (κ3) is 2.36. The molecule has 1 aliphatic rings. The minimum absolute atomic E-state index is 0.0677. The van der Waals surface area contributed by atoms with Crippen LogP contribution in [-0.4, -0.2) is 29.9 Å². The van der Waals surface area contributed by atoms with Gasteiger partial charge in [-0.3, -0.25) is 4.79 Å². The van der Waals surface area contributed by atoms with Crippen LogP contribution >= 0.6 is 0 Å². The minimum atomic E-state index is 0.0677. The molecule has 2 rings (SSSR count). The molecule has 0 aliphatic carbocycles. The van der Waals surface area contributed by atoms with Crippen LogP contribution < -0.4 is 5.73 Å². The van der Waals surface area contributed by atoms with Gasteiger partial charge in [0.15, 0.2) is 0 Å². The quantitative estimate of drug-likeness (QED) is 0.807. The molecule has 2 atom stereocenters. The third-order valence-corrected chi connectivity index (χ3v) is 3.53. The molecule has 4 heteroatoms. The molecular formula is C13H20N2O2. The Morgan fingerprint density at radius 2 is 2.24 bits per heavy atom. The second-order valence-electron chi connectivity index (χ2n) is 5.01. The molecule has 2 unspecified atom stereocenters. The maximum atomic E-state index is 12.3. The van der Waals surface area contributed by atoms with Crippen LogP contribution in [0.5, 0.6) is 0 Å². The molecule has 0 aromatic carbocycles. The van der Waals surface area contributed by atoms with Crippen LogP contribution in [0, 0.1) is 19.8 Å². The van der Waals surface area contributed by atoms with E-state index in [0.717, 1.165) is 25.3 Å². The molecule has 1 saturated heterocycles. The third-order valence-electron chi connectivity index (χ3n) is 3.53. The zero-order valence-corrected chi connectivity index (χ0v) is 10.7. The molecule has 4 nitrogen and oxygen atoms in total. The molecule has 1 fully saturated rings. The highest BCUT2D eigenvalue weighted by Crippen LogP contribution is 2.20. The summed E-state index contributed by atoms with van der Waals surface area (Å²) in [6.45, 7) is 7.27.